The van der Waals surface area contributed by atoms with Crippen LogP contribution in [0.3, 0.4) is 0 Å². The van der Waals surface area contributed by atoms with Gasteiger partial charge in [-0.25, -0.2) is 13.4 Å². The summed E-state index contributed by atoms with van der Waals surface area (Å²) in [7, 11) is -3.80. The van der Waals surface area contributed by atoms with Gasteiger partial charge in [0.2, 0.25) is 10.0 Å². The summed E-state index contributed by atoms with van der Waals surface area (Å²) in [6, 6.07) is 13.0. The lowest BCUT2D eigenvalue weighted by Crippen LogP contribution is -2.35. The first-order valence-corrected chi connectivity index (χ1v) is 12.0. The smallest absolute Gasteiger partial charge is 0.269 e. The van der Waals surface area contributed by atoms with Crippen LogP contribution in [0, 0.1) is 35.3 Å². The maximum absolute atomic E-state index is 13.1. The minimum atomic E-state index is -3.80. The average Bonchev–Trinajstić information content (AvgIpc) is 3.05. The molecule has 2 aromatic carbocycles. The van der Waals surface area contributed by atoms with Crippen LogP contribution in [0.4, 0.5) is 11.5 Å². The van der Waals surface area contributed by atoms with E-state index in [0.29, 0.717) is 37.4 Å². The van der Waals surface area contributed by atoms with Crippen molar-refractivity contribution in [3.05, 3.63) is 69.3 Å². The Hall–Kier alpha value is -3.55. The molecular formula is C23H23N5O4S. The molecule has 1 aliphatic rings. The lowest BCUT2D eigenvalue weighted by Gasteiger charge is -2.24. The van der Waals surface area contributed by atoms with E-state index < -0.39 is 14.9 Å². The number of nitriles is 1. The third-order valence-corrected chi connectivity index (χ3v) is 7.74. The molecule has 0 bridgehead atoms. The number of sulfonamides is 1. The van der Waals surface area contributed by atoms with Gasteiger partial charge in [0.1, 0.15) is 11.9 Å². The van der Waals surface area contributed by atoms with Crippen molar-refractivity contribution < 1.29 is 13.3 Å². The Kier molecular flexibility index (Phi) is 6.01. The van der Waals surface area contributed by atoms with Gasteiger partial charge in [0.25, 0.3) is 5.69 Å². The molecule has 0 spiro atoms. The molecule has 2 heterocycles. The number of benzene rings is 2. The molecule has 1 saturated heterocycles. The zero-order valence-electron chi connectivity index (χ0n) is 18.4. The van der Waals surface area contributed by atoms with Crippen LogP contribution in [0.15, 0.2) is 47.4 Å². The van der Waals surface area contributed by atoms with Crippen LogP contribution < -0.4 is 4.90 Å². The highest BCUT2D eigenvalue weighted by Gasteiger charge is 2.28. The molecule has 0 saturated carbocycles. The van der Waals surface area contributed by atoms with Crippen molar-refractivity contribution in [3.8, 4) is 6.07 Å². The topological polar surface area (TPSA) is 120 Å². The number of nitrogens with zero attached hydrogens (tertiary/aromatic N) is 5. The molecule has 170 valence electrons. The molecule has 9 nitrogen and oxygen atoms in total. The zero-order chi connectivity index (χ0) is 23.8. The summed E-state index contributed by atoms with van der Waals surface area (Å²) in [4.78, 5) is 17.1. The van der Waals surface area contributed by atoms with Crippen molar-refractivity contribution in [2.75, 3.05) is 31.1 Å². The number of aryl methyl sites for hydroxylation is 2. The number of non-ortho nitro benzene ring substituents is 1. The number of anilines is 1. The Labute approximate surface area is 192 Å². The van der Waals surface area contributed by atoms with Crippen LogP contribution in [0.5, 0.6) is 0 Å². The first-order chi connectivity index (χ1) is 15.7. The van der Waals surface area contributed by atoms with Crippen LogP contribution in [-0.4, -0.2) is 48.8 Å². The Morgan fingerprint density at radius 2 is 1.79 bits per heavy atom. The van der Waals surface area contributed by atoms with E-state index in [2.05, 4.69) is 12.1 Å². The second-order valence-electron chi connectivity index (χ2n) is 8.12. The first-order valence-electron chi connectivity index (χ1n) is 10.5. The summed E-state index contributed by atoms with van der Waals surface area (Å²) < 4.78 is 27.6. The predicted octanol–water partition coefficient (Wildman–Crippen LogP) is 3.53. The molecule has 1 fully saturated rings. The Morgan fingerprint density at radius 3 is 2.45 bits per heavy atom. The molecule has 0 N–H and O–H groups in total. The van der Waals surface area contributed by atoms with Crippen molar-refractivity contribution in [3.63, 3.8) is 0 Å². The van der Waals surface area contributed by atoms with Crippen LogP contribution in [0.1, 0.15) is 23.1 Å². The predicted molar refractivity (Wildman–Crippen MR) is 125 cm³/mol. The minimum absolute atomic E-state index is 0.0223. The molecule has 0 aliphatic carbocycles. The number of aromatic nitrogens is 1. The fourth-order valence-electron chi connectivity index (χ4n) is 4.18. The van der Waals surface area contributed by atoms with Gasteiger partial charge in [-0.2, -0.15) is 9.57 Å². The van der Waals surface area contributed by atoms with E-state index >= 15 is 0 Å². The minimum Gasteiger partial charge on any atom is -0.354 e. The monoisotopic (exact) mass is 465 g/mol. The van der Waals surface area contributed by atoms with Crippen LogP contribution in [0.25, 0.3) is 10.9 Å². The summed E-state index contributed by atoms with van der Waals surface area (Å²) in [5, 5.41) is 21.5. The van der Waals surface area contributed by atoms with Crippen LogP contribution in [0.2, 0.25) is 0 Å². The summed E-state index contributed by atoms with van der Waals surface area (Å²) in [6.07, 6.45) is 0.559. The second kappa shape index (κ2) is 8.77. The molecular weight excluding hydrogens is 442 g/mol. The van der Waals surface area contributed by atoms with E-state index in [1.165, 1.54) is 28.6 Å². The van der Waals surface area contributed by atoms with Crippen molar-refractivity contribution in [2.45, 2.75) is 25.2 Å². The lowest BCUT2D eigenvalue weighted by molar-refractivity contribution is -0.384. The molecule has 33 heavy (non-hydrogen) atoms. The number of nitro groups is 1. The van der Waals surface area contributed by atoms with Gasteiger partial charge in [0.15, 0.2) is 0 Å². The van der Waals surface area contributed by atoms with Gasteiger partial charge in [0.05, 0.1) is 20.9 Å². The first kappa shape index (κ1) is 22.6. The fourth-order valence-corrected chi connectivity index (χ4v) is 5.65. The van der Waals surface area contributed by atoms with Gasteiger partial charge < -0.3 is 4.90 Å². The van der Waals surface area contributed by atoms with Gasteiger partial charge in [-0.1, -0.05) is 6.07 Å². The lowest BCUT2D eigenvalue weighted by atomic mass is 10.0. The average molecular weight is 466 g/mol. The number of hydrogen-bond donors (Lipinski definition) is 0. The molecule has 0 radical (unpaired) electrons. The van der Waals surface area contributed by atoms with E-state index in [9.17, 15) is 23.8 Å². The fraction of sp³-hybridized carbons (Fsp3) is 0.304. The van der Waals surface area contributed by atoms with Crippen molar-refractivity contribution in [1.29, 1.82) is 5.26 Å². The highest BCUT2D eigenvalue weighted by Crippen LogP contribution is 2.28. The summed E-state index contributed by atoms with van der Waals surface area (Å²) in [5.74, 6) is 0.560. The van der Waals surface area contributed by atoms with Crippen LogP contribution >= 0.6 is 0 Å². The van der Waals surface area contributed by atoms with Crippen molar-refractivity contribution >= 4 is 32.4 Å². The number of pyridine rings is 1. The number of fused-ring (bicyclic) bond motifs is 1. The summed E-state index contributed by atoms with van der Waals surface area (Å²) in [5.41, 5.74) is 3.24. The van der Waals surface area contributed by atoms with Gasteiger partial charge in [-0.3, -0.25) is 10.1 Å². The molecule has 4 rings (SSSR count). The van der Waals surface area contributed by atoms with Gasteiger partial charge >= 0.3 is 0 Å². The third-order valence-electron chi connectivity index (χ3n) is 5.83. The quantitative estimate of drug-likeness (QED) is 0.427. The molecule has 0 unspecified atom stereocenters. The molecule has 0 amide bonds. The summed E-state index contributed by atoms with van der Waals surface area (Å²) >= 11 is 0. The largest absolute Gasteiger partial charge is 0.354 e. The second-order valence-corrected chi connectivity index (χ2v) is 10.1. The highest BCUT2D eigenvalue weighted by atomic mass is 32.2. The number of nitro benzene ring substituents is 1. The van der Waals surface area contributed by atoms with E-state index in [1.54, 1.807) is 0 Å². The van der Waals surface area contributed by atoms with Gasteiger partial charge in [0, 0.05) is 43.7 Å². The Morgan fingerprint density at radius 1 is 1.06 bits per heavy atom. The van der Waals surface area contributed by atoms with E-state index in [4.69, 9.17) is 4.98 Å². The van der Waals surface area contributed by atoms with E-state index in [1.807, 2.05) is 30.9 Å². The highest BCUT2D eigenvalue weighted by molar-refractivity contribution is 7.89. The van der Waals surface area contributed by atoms with Crippen LogP contribution in [-0.2, 0) is 10.0 Å². The Balaban J connectivity index is 1.61. The molecule has 1 aromatic heterocycles. The molecule has 1 aliphatic heterocycles. The van der Waals surface area contributed by atoms with Crippen molar-refractivity contribution in [1.82, 2.24) is 9.29 Å². The van der Waals surface area contributed by atoms with E-state index in [-0.39, 0.29) is 17.1 Å². The van der Waals surface area contributed by atoms with Gasteiger partial charge in [-0.05, 0) is 55.7 Å². The standard InChI is InChI=1S/C23H23N5O4S/c1-16-12-17(2)21-14-18(15-24)23(25-22(21)13-16)26-8-3-9-27(11-10-26)33(31,32)20-6-4-19(5-7-20)28(29)30/h4-7,12-14H,3,8-11H2,1-2H3. The van der Waals surface area contributed by atoms with Crippen molar-refractivity contribution in [2.24, 2.45) is 0 Å². The molecule has 3 aromatic rings. The van der Waals surface area contributed by atoms with Gasteiger partial charge in [-0.15, -0.1) is 0 Å². The third kappa shape index (κ3) is 4.37. The maximum atomic E-state index is 13.1. The molecule has 10 heteroatoms. The maximum Gasteiger partial charge on any atom is 0.269 e. The number of hydrogen-bond acceptors (Lipinski definition) is 7. The number of rotatable bonds is 4. The zero-order valence-corrected chi connectivity index (χ0v) is 19.2. The Bertz CT molecular complexity index is 1380. The molecule has 0 atom stereocenters. The normalized spacial score (nSPS) is 15.2. The summed E-state index contributed by atoms with van der Waals surface area (Å²) in [6.45, 7) is 5.46. The SMILES string of the molecule is Cc1cc(C)c2cc(C#N)c(N3CCCN(S(=O)(=O)c4ccc([N+](=O)[O-])cc4)CC3)nc2c1. The van der Waals surface area contributed by atoms with E-state index in [0.717, 1.165) is 22.0 Å².